The standard InChI is InChI=1S/C22H16Cl2F2N2OS2/c1-13-3-2-10-28(12-13)19(20(29)14-4-9-17(23)18(24)11-14)21(30)27-15-5-7-16(8-6-15)31-22(25)26/h2-12,22H,1H3,(H-,27,29,30). The third kappa shape index (κ3) is 6.17. The number of thioether (sulfide) groups is 1. The molecular weight excluding hydrogens is 481 g/mol. The summed E-state index contributed by atoms with van der Waals surface area (Å²) in [5.41, 5.74) is 2.03. The number of halogens is 4. The summed E-state index contributed by atoms with van der Waals surface area (Å²) in [6.07, 6.45) is 3.50. The summed E-state index contributed by atoms with van der Waals surface area (Å²) in [6.45, 7) is 1.90. The van der Waals surface area contributed by atoms with E-state index in [1.165, 1.54) is 6.07 Å². The summed E-state index contributed by atoms with van der Waals surface area (Å²) in [4.78, 5) is 0.594. The maximum Gasteiger partial charge on any atom is 0.288 e. The second-order valence-electron chi connectivity index (χ2n) is 6.45. The molecule has 0 radical (unpaired) electrons. The Kier molecular flexibility index (Phi) is 7.89. The number of hydrogen-bond acceptors (Lipinski definition) is 3. The highest BCUT2D eigenvalue weighted by molar-refractivity contribution is 7.99. The molecule has 3 aromatic rings. The molecule has 0 saturated heterocycles. The van der Waals surface area contributed by atoms with Crippen molar-refractivity contribution in [3.8, 4) is 0 Å². The van der Waals surface area contributed by atoms with Crippen LogP contribution in [0.3, 0.4) is 0 Å². The summed E-state index contributed by atoms with van der Waals surface area (Å²) in [5, 5.41) is 17.0. The van der Waals surface area contributed by atoms with Gasteiger partial charge in [-0.3, -0.25) is 0 Å². The minimum Gasteiger partial charge on any atom is -0.867 e. The zero-order valence-corrected chi connectivity index (χ0v) is 19.3. The number of nitrogens with zero attached hydrogens (tertiary/aromatic N) is 1. The van der Waals surface area contributed by atoms with E-state index >= 15 is 0 Å². The van der Waals surface area contributed by atoms with Crippen LogP contribution in [0.25, 0.3) is 11.5 Å². The van der Waals surface area contributed by atoms with E-state index in [2.05, 4.69) is 5.32 Å². The predicted octanol–water partition coefficient (Wildman–Crippen LogP) is 6.03. The molecule has 0 amide bonds. The first-order valence-electron chi connectivity index (χ1n) is 8.96. The third-order valence-corrected chi connectivity index (χ3v) is 5.91. The largest absolute Gasteiger partial charge is 0.867 e. The fraction of sp³-hybridized carbons (Fsp3) is 0.0909. The minimum atomic E-state index is -2.50. The van der Waals surface area contributed by atoms with E-state index in [4.69, 9.17) is 35.4 Å². The number of nitrogens with one attached hydrogen (secondary N) is 1. The van der Waals surface area contributed by atoms with Gasteiger partial charge in [0, 0.05) is 22.2 Å². The van der Waals surface area contributed by atoms with Gasteiger partial charge in [0.05, 0.1) is 10.0 Å². The molecule has 0 atom stereocenters. The Labute approximate surface area is 198 Å². The zero-order valence-electron chi connectivity index (χ0n) is 16.1. The highest BCUT2D eigenvalue weighted by Crippen LogP contribution is 2.28. The van der Waals surface area contributed by atoms with E-state index in [0.29, 0.717) is 32.9 Å². The molecule has 1 N–H and O–H groups in total. The van der Waals surface area contributed by atoms with Gasteiger partial charge in [-0.1, -0.05) is 53.2 Å². The molecule has 9 heteroatoms. The van der Waals surface area contributed by atoms with E-state index in [1.54, 1.807) is 59.4 Å². The van der Waals surface area contributed by atoms with E-state index < -0.39 is 5.76 Å². The predicted molar refractivity (Wildman–Crippen MR) is 125 cm³/mol. The van der Waals surface area contributed by atoms with Crippen molar-refractivity contribution in [2.24, 2.45) is 0 Å². The molecule has 0 unspecified atom stereocenters. The maximum absolute atomic E-state index is 13.4. The van der Waals surface area contributed by atoms with Gasteiger partial charge in [0.15, 0.2) is 17.4 Å². The molecule has 1 aromatic heterocycles. The Morgan fingerprint density at radius 3 is 2.42 bits per heavy atom. The van der Waals surface area contributed by atoms with Gasteiger partial charge >= 0.3 is 0 Å². The van der Waals surface area contributed by atoms with Crippen LogP contribution < -0.4 is 15.0 Å². The number of alkyl halides is 2. The average Bonchev–Trinajstić information content (AvgIpc) is 2.71. The molecule has 0 aliphatic carbocycles. The SMILES string of the molecule is Cc1ccc[n+](/C(C(=S)Nc2ccc(SC(F)F)cc2)=C(/[O-])c2ccc(Cl)c(Cl)c2)c1. The van der Waals surface area contributed by atoms with Crippen LogP contribution in [0.2, 0.25) is 10.0 Å². The number of anilines is 1. The Balaban J connectivity index is 2.00. The van der Waals surface area contributed by atoms with E-state index in [9.17, 15) is 13.9 Å². The van der Waals surface area contributed by atoms with Gasteiger partial charge in [-0.15, -0.1) is 0 Å². The van der Waals surface area contributed by atoms with Crippen LogP contribution in [-0.2, 0) is 0 Å². The smallest absolute Gasteiger partial charge is 0.288 e. The maximum atomic E-state index is 13.4. The van der Waals surface area contributed by atoms with Crippen LogP contribution in [0.15, 0.2) is 71.9 Å². The third-order valence-electron chi connectivity index (χ3n) is 4.16. The van der Waals surface area contributed by atoms with Crippen LogP contribution in [0.1, 0.15) is 11.1 Å². The summed E-state index contributed by atoms with van der Waals surface area (Å²) in [5.74, 6) is -2.85. The normalized spacial score (nSPS) is 11.9. The lowest BCUT2D eigenvalue weighted by atomic mass is 10.1. The lowest BCUT2D eigenvalue weighted by molar-refractivity contribution is -0.578. The monoisotopic (exact) mass is 496 g/mol. The van der Waals surface area contributed by atoms with Crippen molar-refractivity contribution in [2.75, 3.05) is 5.32 Å². The average molecular weight is 497 g/mol. The quantitative estimate of drug-likeness (QED) is 0.148. The Morgan fingerprint density at radius 1 is 1.10 bits per heavy atom. The van der Waals surface area contributed by atoms with E-state index in [0.717, 1.165) is 5.56 Å². The van der Waals surface area contributed by atoms with Crippen LogP contribution in [0.4, 0.5) is 14.5 Å². The number of thiocarbonyl (C=S) groups is 1. The highest BCUT2D eigenvalue weighted by atomic mass is 35.5. The zero-order chi connectivity index (χ0) is 22.5. The Hall–Kier alpha value is -2.19. The van der Waals surface area contributed by atoms with Crippen LogP contribution in [0.5, 0.6) is 0 Å². The van der Waals surface area contributed by atoms with Crippen LogP contribution >= 0.6 is 47.2 Å². The summed E-state index contributed by atoms with van der Waals surface area (Å²) < 4.78 is 26.7. The van der Waals surface area contributed by atoms with Crippen molar-refractivity contribution in [3.05, 3.63) is 88.2 Å². The van der Waals surface area contributed by atoms with Crippen molar-refractivity contribution in [1.29, 1.82) is 0 Å². The van der Waals surface area contributed by atoms with E-state index in [1.807, 2.05) is 13.0 Å². The van der Waals surface area contributed by atoms with Crippen LogP contribution in [-0.4, -0.2) is 10.7 Å². The molecule has 0 spiro atoms. The van der Waals surface area contributed by atoms with Crippen molar-refractivity contribution in [1.82, 2.24) is 0 Å². The number of rotatable bonds is 6. The molecule has 31 heavy (non-hydrogen) atoms. The van der Waals surface area contributed by atoms with Crippen molar-refractivity contribution >= 4 is 69.3 Å². The minimum absolute atomic E-state index is 0.168. The fourth-order valence-corrected chi connectivity index (χ4v) is 3.87. The molecule has 0 saturated carbocycles. The number of hydrogen-bond donors (Lipinski definition) is 1. The first kappa shape index (κ1) is 23.5. The number of aromatic nitrogens is 1. The molecule has 3 nitrogen and oxygen atoms in total. The van der Waals surface area contributed by atoms with Crippen LogP contribution in [0, 0.1) is 6.92 Å². The lowest BCUT2D eigenvalue weighted by Crippen LogP contribution is -2.40. The van der Waals surface area contributed by atoms with Gasteiger partial charge in [-0.2, -0.15) is 13.3 Å². The Bertz CT molecular complexity index is 1140. The molecule has 0 aliphatic heterocycles. The van der Waals surface area contributed by atoms with Gasteiger partial charge in [0.2, 0.25) is 5.70 Å². The molecule has 2 aromatic carbocycles. The Morgan fingerprint density at radius 2 is 1.81 bits per heavy atom. The summed E-state index contributed by atoms with van der Waals surface area (Å²) in [7, 11) is 0. The highest BCUT2D eigenvalue weighted by Gasteiger charge is 2.20. The topological polar surface area (TPSA) is 39.0 Å². The van der Waals surface area contributed by atoms with Crippen molar-refractivity contribution < 1.29 is 18.5 Å². The van der Waals surface area contributed by atoms with Crippen molar-refractivity contribution in [2.45, 2.75) is 17.6 Å². The van der Waals surface area contributed by atoms with Gasteiger partial charge in [-0.05, 0) is 60.7 Å². The van der Waals surface area contributed by atoms with Gasteiger partial charge in [0.25, 0.3) is 5.76 Å². The molecule has 160 valence electrons. The van der Waals surface area contributed by atoms with Gasteiger partial charge in [-0.25, -0.2) is 0 Å². The summed E-state index contributed by atoms with van der Waals surface area (Å²) in [6, 6.07) is 14.7. The first-order valence-corrected chi connectivity index (χ1v) is 11.0. The molecular formula is C22H16Cl2F2N2OS2. The molecule has 0 bridgehead atoms. The molecule has 1 heterocycles. The van der Waals surface area contributed by atoms with Gasteiger partial charge in [0.1, 0.15) is 0 Å². The van der Waals surface area contributed by atoms with E-state index in [-0.39, 0.29) is 21.5 Å². The second-order valence-corrected chi connectivity index (χ2v) is 8.74. The number of aryl methyl sites for hydroxylation is 1. The molecule has 3 rings (SSSR count). The number of benzene rings is 2. The second kappa shape index (κ2) is 10.4. The van der Waals surface area contributed by atoms with Gasteiger partial charge < -0.3 is 10.4 Å². The number of pyridine rings is 1. The first-order chi connectivity index (χ1) is 14.7. The lowest BCUT2D eigenvalue weighted by Gasteiger charge is -2.17. The fourth-order valence-electron chi connectivity index (χ4n) is 2.75. The summed E-state index contributed by atoms with van der Waals surface area (Å²) >= 11 is 18.1. The van der Waals surface area contributed by atoms with Crippen molar-refractivity contribution in [3.63, 3.8) is 0 Å². The molecule has 0 aliphatic rings. The molecule has 0 fully saturated rings.